The average Bonchev–Trinajstić information content (AvgIpc) is 2.73. The van der Waals surface area contributed by atoms with Crippen molar-refractivity contribution in [3.8, 4) is 5.75 Å². The van der Waals surface area contributed by atoms with Gasteiger partial charge in [0, 0.05) is 28.4 Å². The predicted octanol–water partition coefficient (Wildman–Crippen LogP) is 5.18. The van der Waals surface area contributed by atoms with E-state index in [1.807, 2.05) is 38.1 Å². The lowest BCUT2D eigenvalue weighted by Crippen LogP contribution is -2.49. The van der Waals surface area contributed by atoms with Crippen molar-refractivity contribution in [1.29, 1.82) is 0 Å². The van der Waals surface area contributed by atoms with Crippen LogP contribution >= 0.6 is 35.0 Å². The highest BCUT2D eigenvalue weighted by Gasteiger charge is 2.26. The molecular formula is C23H28Cl2N2O3S. The molecule has 31 heavy (non-hydrogen) atoms. The number of carbonyl (C=O) groups excluding carboxylic acids is 2. The quantitative estimate of drug-likeness (QED) is 0.506. The van der Waals surface area contributed by atoms with Gasteiger partial charge in [0.1, 0.15) is 11.8 Å². The fourth-order valence-electron chi connectivity index (χ4n) is 2.95. The molecule has 5 nitrogen and oxygen atoms in total. The minimum atomic E-state index is -0.620. The molecule has 0 fully saturated rings. The third-order valence-corrected chi connectivity index (χ3v) is 6.27. The van der Waals surface area contributed by atoms with Gasteiger partial charge in [-0.2, -0.15) is 0 Å². The highest BCUT2D eigenvalue weighted by Crippen LogP contribution is 2.28. The summed E-state index contributed by atoms with van der Waals surface area (Å²) in [6.07, 6.45) is 0. The molecule has 0 saturated heterocycles. The molecule has 2 rings (SSSR count). The van der Waals surface area contributed by atoms with E-state index in [4.69, 9.17) is 27.9 Å². The van der Waals surface area contributed by atoms with Crippen LogP contribution in [0.25, 0.3) is 0 Å². The number of nitrogens with one attached hydrogen (secondary N) is 1. The van der Waals surface area contributed by atoms with Gasteiger partial charge in [0.05, 0.1) is 12.9 Å². The topological polar surface area (TPSA) is 58.6 Å². The Labute approximate surface area is 198 Å². The normalized spacial score (nSPS) is 11.8. The molecule has 2 aromatic carbocycles. The standard InChI is InChI=1S/C23H28Cl2N2O3S/c1-15(2)26-23(29)16(3)27(12-17-7-5-8-18(11-17)30-4)22(28)14-31-13-19-20(24)9-6-10-21(19)25/h5-11,15-16H,12-14H2,1-4H3,(H,26,29). The summed E-state index contributed by atoms with van der Waals surface area (Å²) in [7, 11) is 1.59. The van der Waals surface area contributed by atoms with Crippen LogP contribution in [0.3, 0.4) is 0 Å². The lowest BCUT2D eigenvalue weighted by atomic mass is 10.1. The summed E-state index contributed by atoms with van der Waals surface area (Å²) in [6.45, 7) is 5.82. The number of amides is 2. The Morgan fingerprint density at radius 2 is 1.74 bits per heavy atom. The summed E-state index contributed by atoms with van der Waals surface area (Å²) >= 11 is 13.9. The molecule has 0 aliphatic carbocycles. The van der Waals surface area contributed by atoms with Gasteiger partial charge in [-0.3, -0.25) is 9.59 Å². The third kappa shape index (κ3) is 7.63. The second kappa shape index (κ2) is 12.2. The first-order valence-corrected chi connectivity index (χ1v) is 11.9. The van der Waals surface area contributed by atoms with E-state index in [1.165, 1.54) is 11.8 Å². The van der Waals surface area contributed by atoms with E-state index in [0.29, 0.717) is 28.1 Å². The minimum absolute atomic E-state index is 0.0135. The van der Waals surface area contributed by atoms with Gasteiger partial charge in [-0.1, -0.05) is 41.4 Å². The first-order chi connectivity index (χ1) is 14.7. The molecule has 1 atom stereocenters. The molecular weight excluding hydrogens is 455 g/mol. The van der Waals surface area contributed by atoms with Crippen LogP contribution in [0.2, 0.25) is 10.0 Å². The molecule has 0 aromatic heterocycles. The summed E-state index contributed by atoms with van der Waals surface area (Å²) < 4.78 is 5.28. The number of ether oxygens (including phenoxy) is 1. The second-order valence-electron chi connectivity index (χ2n) is 7.41. The number of nitrogens with zero attached hydrogens (tertiary/aromatic N) is 1. The van der Waals surface area contributed by atoms with E-state index in [2.05, 4.69) is 5.32 Å². The van der Waals surface area contributed by atoms with Gasteiger partial charge >= 0.3 is 0 Å². The van der Waals surface area contributed by atoms with Crippen LogP contribution in [-0.4, -0.2) is 41.7 Å². The smallest absolute Gasteiger partial charge is 0.242 e. The van der Waals surface area contributed by atoms with Crippen LogP contribution in [0.5, 0.6) is 5.75 Å². The van der Waals surface area contributed by atoms with Crippen molar-refractivity contribution in [2.75, 3.05) is 12.9 Å². The first-order valence-electron chi connectivity index (χ1n) is 9.96. The SMILES string of the molecule is COc1cccc(CN(C(=O)CSCc2c(Cl)cccc2Cl)C(C)C(=O)NC(C)C)c1. The number of hydrogen-bond donors (Lipinski definition) is 1. The van der Waals surface area contributed by atoms with E-state index >= 15 is 0 Å². The Balaban J connectivity index is 2.13. The van der Waals surface area contributed by atoms with Crippen LogP contribution < -0.4 is 10.1 Å². The number of hydrogen-bond acceptors (Lipinski definition) is 4. The maximum atomic E-state index is 13.1. The van der Waals surface area contributed by atoms with Gasteiger partial charge in [-0.05, 0) is 56.2 Å². The number of benzene rings is 2. The zero-order chi connectivity index (χ0) is 23.0. The third-order valence-electron chi connectivity index (χ3n) is 4.62. The highest BCUT2D eigenvalue weighted by atomic mass is 35.5. The molecule has 8 heteroatoms. The molecule has 1 unspecified atom stereocenters. The zero-order valence-corrected chi connectivity index (χ0v) is 20.5. The van der Waals surface area contributed by atoms with Crippen LogP contribution in [0.15, 0.2) is 42.5 Å². The Morgan fingerprint density at radius 3 is 2.35 bits per heavy atom. The molecule has 0 spiro atoms. The number of methoxy groups -OCH3 is 1. The molecule has 168 valence electrons. The van der Waals surface area contributed by atoms with Crippen LogP contribution in [-0.2, 0) is 21.9 Å². The Bertz CT molecular complexity index is 888. The predicted molar refractivity (Wildman–Crippen MR) is 129 cm³/mol. The Kier molecular flexibility index (Phi) is 10.0. The van der Waals surface area contributed by atoms with Crippen molar-refractivity contribution in [3.05, 3.63) is 63.6 Å². The maximum Gasteiger partial charge on any atom is 0.242 e. The second-order valence-corrected chi connectivity index (χ2v) is 9.21. The van der Waals surface area contributed by atoms with Crippen LogP contribution in [0.1, 0.15) is 31.9 Å². The average molecular weight is 483 g/mol. The first kappa shape index (κ1) is 25.4. The summed E-state index contributed by atoms with van der Waals surface area (Å²) in [4.78, 5) is 27.3. The van der Waals surface area contributed by atoms with Gasteiger partial charge in [-0.15, -0.1) is 11.8 Å². The zero-order valence-electron chi connectivity index (χ0n) is 18.2. The molecule has 0 heterocycles. The maximum absolute atomic E-state index is 13.1. The van der Waals surface area contributed by atoms with E-state index in [0.717, 1.165) is 11.1 Å². The molecule has 0 aliphatic heterocycles. The van der Waals surface area contributed by atoms with Crippen molar-refractivity contribution in [3.63, 3.8) is 0 Å². The molecule has 2 aromatic rings. The van der Waals surface area contributed by atoms with Gasteiger partial charge < -0.3 is 15.0 Å². The fraction of sp³-hybridized carbons (Fsp3) is 0.391. The Hall–Kier alpha value is -1.89. The van der Waals surface area contributed by atoms with Crippen LogP contribution in [0, 0.1) is 0 Å². The molecule has 0 saturated carbocycles. The van der Waals surface area contributed by atoms with Crippen LogP contribution in [0.4, 0.5) is 0 Å². The Morgan fingerprint density at radius 1 is 1.10 bits per heavy atom. The molecule has 2 amide bonds. The summed E-state index contributed by atoms with van der Waals surface area (Å²) in [5.74, 6) is 1.08. The summed E-state index contributed by atoms with van der Waals surface area (Å²) in [5, 5.41) is 4.03. The number of carbonyl (C=O) groups is 2. The lowest BCUT2D eigenvalue weighted by molar-refractivity contribution is -0.138. The molecule has 0 radical (unpaired) electrons. The molecule has 1 N–H and O–H groups in total. The van der Waals surface area contributed by atoms with Gasteiger partial charge in [0.2, 0.25) is 11.8 Å². The van der Waals surface area contributed by atoms with E-state index in [9.17, 15) is 9.59 Å². The summed E-state index contributed by atoms with van der Waals surface area (Å²) in [6, 6.07) is 12.2. The minimum Gasteiger partial charge on any atom is -0.497 e. The number of rotatable bonds is 10. The van der Waals surface area contributed by atoms with Crippen molar-refractivity contribution in [2.24, 2.45) is 0 Å². The fourth-order valence-corrected chi connectivity index (χ4v) is 4.60. The monoisotopic (exact) mass is 482 g/mol. The van der Waals surface area contributed by atoms with Crippen molar-refractivity contribution in [1.82, 2.24) is 10.2 Å². The lowest BCUT2D eigenvalue weighted by Gasteiger charge is -2.29. The summed E-state index contributed by atoms with van der Waals surface area (Å²) in [5.41, 5.74) is 1.68. The highest BCUT2D eigenvalue weighted by molar-refractivity contribution is 7.99. The van der Waals surface area contributed by atoms with Gasteiger partial charge in [-0.25, -0.2) is 0 Å². The van der Waals surface area contributed by atoms with E-state index in [1.54, 1.807) is 37.1 Å². The van der Waals surface area contributed by atoms with Crippen molar-refractivity contribution < 1.29 is 14.3 Å². The van der Waals surface area contributed by atoms with Gasteiger partial charge in [0.15, 0.2) is 0 Å². The van der Waals surface area contributed by atoms with Crippen molar-refractivity contribution >= 4 is 46.8 Å². The van der Waals surface area contributed by atoms with Crippen molar-refractivity contribution in [2.45, 2.75) is 45.2 Å². The van der Waals surface area contributed by atoms with Gasteiger partial charge in [0.25, 0.3) is 0 Å². The largest absolute Gasteiger partial charge is 0.497 e. The number of halogens is 2. The van der Waals surface area contributed by atoms with E-state index in [-0.39, 0.29) is 23.6 Å². The molecule has 0 aliphatic rings. The molecule has 0 bridgehead atoms. The number of thioether (sulfide) groups is 1. The van der Waals surface area contributed by atoms with E-state index < -0.39 is 6.04 Å².